The molecule has 2 aliphatic rings. The van der Waals surface area contributed by atoms with Crippen LogP contribution in [0.5, 0.6) is 0 Å². The first-order chi connectivity index (χ1) is 9.17. The maximum atomic E-state index is 13.1. The highest BCUT2D eigenvalue weighted by Crippen LogP contribution is 2.38. The minimum Gasteiger partial charge on any atom is -0.377 e. The fourth-order valence-corrected chi connectivity index (χ4v) is 3.32. The van der Waals surface area contributed by atoms with Gasteiger partial charge in [0.1, 0.15) is 11.4 Å². The van der Waals surface area contributed by atoms with E-state index in [0.717, 1.165) is 32.2 Å². The van der Waals surface area contributed by atoms with E-state index in [1.165, 1.54) is 12.1 Å². The number of rotatable bonds is 0. The second kappa shape index (κ2) is 4.96. The lowest BCUT2D eigenvalue weighted by atomic mass is 9.73. The summed E-state index contributed by atoms with van der Waals surface area (Å²) in [5.74, 6) is 5.87. The van der Waals surface area contributed by atoms with E-state index in [9.17, 15) is 9.50 Å². The van der Waals surface area contributed by atoms with Crippen LogP contribution in [0.25, 0.3) is 0 Å². The highest BCUT2D eigenvalue weighted by Gasteiger charge is 2.45. The summed E-state index contributed by atoms with van der Waals surface area (Å²) in [6.45, 7) is 0.958. The Morgan fingerprint density at radius 1 is 1.37 bits per heavy atom. The van der Waals surface area contributed by atoms with Crippen molar-refractivity contribution in [2.75, 3.05) is 6.54 Å². The van der Waals surface area contributed by atoms with Crippen molar-refractivity contribution in [3.63, 3.8) is 0 Å². The monoisotopic (exact) mass is 259 g/mol. The standard InChI is InChI=1S/C16H18FNO/c17-13-4-1-3-12(11-13)6-9-16(19)8-2-5-15-14(16)7-10-18-15/h1,3-4,11,14-15,18-19H,2,5,7-8,10H2. The smallest absolute Gasteiger partial charge is 0.130 e. The lowest BCUT2D eigenvalue weighted by Crippen LogP contribution is -2.47. The minimum atomic E-state index is -0.918. The third-order valence-corrected chi connectivity index (χ3v) is 4.28. The summed E-state index contributed by atoms with van der Waals surface area (Å²) >= 11 is 0. The Labute approximate surface area is 113 Å². The zero-order chi connectivity index (χ0) is 13.3. The van der Waals surface area contributed by atoms with Crippen molar-refractivity contribution in [2.24, 2.45) is 5.92 Å². The number of fused-ring (bicyclic) bond motifs is 1. The van der Waals surface area contributed by atoms with Crippen LogP contribution in [0.1, 0.15) is 31.2 Å². The van der Waals surface area contributed by atoms with Crippen LogP contribution in [0.3, 0.4) is 0 Å². The molecule has 3 atom stereocenters. The second-order valence-corrected chi connectivity index (χ2v) is 5.53. The molecule has 0 aromatic heterocycles. The van der Waals surface area contributed by atoms with Crippen molar-refractivity contribution in [3.05, 3.63) is 35.6 Å². The summed E-state index contributed by atoms with van der Waals surface area (Å²) in [6, 6.07) is 6.61. The van der Waals surface area contributed by atoms with Gasteiger partial charge in [-0.2, -0.15) is 0 Å². The van der Waals surface area contributed by atoms with E-state index in [1.807, 2.05) is 0 Å². The van der Waals surface area contributed by atoms with E-state index in [4.69, 9.17) is 0 Å². The zero-order valence-electron chi connectivity index (χ0n) is 10.8. The van der Waals surface area contributed by atoms with E-state index >= 15 is 0 Å². The molecule has 1 saturated carbocycles. The van der Waals surface area contributed by atoms with Gasteiger partial charge in [0.15, 0.2) is 0 Å². The second-order valence-electron chi connectivity index (χ2n) is 5.53. The molecule has 1 heterocycles. The van der Waals surface area contributed by atoms with Gasteiger partial charge >= 0.3 is 0 Å². The molecule has 0 radical (unpaired) electrons. The van der Waals surface area contributed by atoms with Crippen molar-refractivity contribution in [1.82, 2.24) is 5.32 Å². The summed E-state index contributed by atoms with van der Waals surface area (Å²) in [5, 5.41) is 14.2. The minimum absolute atomic E-state index is 0.210. The SMILES string of the molecule is OC1(C#Cc2cccc(F)c2)CCCC2NCCC21. The maximum Gasteiger partial charge on any atom is 0.130 e. The number of benzene rings is 1. The molecule has 0 bridgehead atoms. The van der Waals surface area contributed by atoms with Crippen LogP contribution >= 0.6 is 0 Å². The molecule has 0 spiro atoms. The molecule has 1 aromatic rings. The van der Waals surface area contributed by atoms with Crippen molar-refractivity contribution < 1.29 is 9.50 Å². The molecule has 2 N–H and O–H groups in total. The lowest BCUT2D eigenvalue weighted by Gasteiger charge is -2.37. The first kappa shape index (κ1) is 12.7. The van der Waals surface area contributed by atoms with Gasteiger partial charge in [-0.15, -0.1) is 0 Å². The Balaban J connectivity index is 1.85. The van der Waals surface area contributed by atoms with Crippen molar-refractivity contribution in [3.8, 4) is 11.8 Å². The van der Waals surface area contributed by atoms with Crippen LogP contribution in [-0.2, 0) is 0 Å². The molecule has 3 unspecified atom stereocenters. The molecule has 2 fully saturated rings. The average molecular weight is 259 g/mol. The summed E-state index contributed by atoms with van der Waals surface area (Å²) in [5.41, 5.74) is -0.292. The van der Waals surface area contributed by atoms with E-state index in [0.29, 0.717) is 11.6 Å². The highest BCUT2D eigenvalue weighted by atomic mass is 19.1. The van der Waals surface area contributed by atoms with Crippen LogP contribution in [0.2, 0.25) is 0 Å². The highest BCUT2D eigenvalue weighted by molar-refractivity contribution is 5.37. The third kappa shape index (κ3) is 2.51. The molecule has 3 rings (SSSR count). The largest absolute Gasteiger partial charge is 0.377 e. The Morgan fingerprint density at radius 2 is 2.26 bits per heavy atom. The lowest BCUT2D eigenvalue weighted by molar-refractivity contribution is 0.000967. The summed E-state index contributed by atoms with van der Waals surface area (Å²) in [7, 11) is 0. The maximum absolute atomic E-state index is 13.1. The van der Waals surface area contributed by atoms with Gasteiger partial charge in [-0.05, 0) is 50.4 Å². The molecule has 19 heavy (non-hydrogen) atoms. The Kier molecular flexibility index (Phi) is 3.30. The Hall–Kier alpha value is -1.37. The average Bonchev–Trinajstić information content (AvgIpc) is 2.87. The van der Waals surface area contributed by atoms with Gasteiger partial charge in [0.25, 0.3) is 0 Å². The topological polar surface area (TPSA) is 32.3 Å². The number of aliphatic hydroxyl groups is 1. The normalized spacial score (nSPS) is 33.4. The summed E-state index contributed by atoms with van der Waals surface area (Å²) < 4.78 is 13.1. The molecule has 1 aliphatic heterocycles. The molecule has 1 aliphatic carbocycles. The van der Waals surface area contributed by atoms with Gasteiger partial charge in [-0.3, -0.25) is 0 Å². The molecule has 1 saturated heterocycles. The quantitative estimate of drug-likeness (QED) is 0.699. The van der Waals surface area contributed by atoms with Crippen molar-refractivity contribution in [2.45, 2.75) is 37.3 Å². The summed E-state index contributed by atoms with van der Waals surface area (Å²) in [4.78, 5) is 0. The summed E-state index contributed by atoms with van der Waals surface area (Å²) in [6.07, 6.45) is 3.80. The van der Waals surface area contributed by atoms with E-state index < -0.39 is 5.60 Å². The van der Waals surface area contributed by atoms with Crippen LogP contribution in [0, 0.1) is 23.6 Å². The van der Waals surface area contributed by atoms with E-state index in [2.05, 4.69) is 17.2 Å². The molecular weight excluding hydrogens is 241 g/mol. The predicted molar refractivity (Wildman–Crippen MR) is 72.0 cm³/mol. The number of hydrogen-bond acceptors (Lipinski definition) is 2. The molecule has 2 nitrogen and oxygen atoms in total. The van der Waals surface area contributed by atoms with Crippen LogP contribution in [-0.4, -0.2) is 23.3 Å². The first-order valence-corrected chi connectivity index (χ1v) is 6.92. The van der Waals surface area contributed by atoms with Crippen LogP contribution in [0.4, 0.5) is 4.39 Å². The van der Waals surface area contributed by atoms with Gasteiger partial charge in [0.05, 0.1) is 0 Å². The van der Waals surface area contributed by atoms with E-state index in [1.54, 1.807) is 12.1 Å². The molecule has 1 aromatic carbocycles. The third-order valence-electron chi connectivity index (χ3n) is 4.28. The van der Waals surface area contributed by atoms with Gasteiger partial charge < -0.3 is 10.4 Å². The fraction of sp³-hybridized carbons (Fsp3) is 0.500. The predicted octanol–water partition coefficient (Wildman–Crippen LogP) is 2.07. The van der Waals surface area contributed by atoms with E-state index in [-0.39, 0.29) is 11.7 Å². The first-order valence-electron chi connectivity index (χ1n) is 6.92. The number of hydrogen-bond donors (Lipinski definition) is 2. The zero-order valence-corrected chi connectivity index (χ0v) is 10.8. The Bertz CT molecular complexity index is 533. The van der Waals surface area contributed by atoms with Gasteiger partial charge in [0.2, 0.25) is 0 Å². The van der Waals surface area contributed by atoms with Crippen LogP contribution < -0.4 is 5.32 Å². The number of nitrogens with one attached hydrogen (secondary N) is 1. The van der Waals surface area contributed by atoms with Gasteiger partial charge in [-0.1, -0.05) is 17.9 Å². The molecular formula is C16H18FNO. The van der Waals surface area contributed by atoms with Crippen molar-refractivity contribution in [1.29, 1.82) is 0 Å². The Morgan fingerprint density at radius 3 is 3.11 bits per heavy atom. The molecule has 3 heteroatoms. The van der Waals surface area contributed by atoms with Crippen LogP contribution in [0.15, 0.2) is 24.3 Å². The molecule has 100 valence electrons. The van der Waals surface area contributed by atoms with Gasteiger partial charge in [-0.25, -0.2) is 4.39 Å². The van der Waals surface area contributed by atoms with Gasteiger partial charge in [0, 0.05) is 17.5 Å². The number of halogens is 1. The van der Waals surface area contributed by atoms with Crippen molar-refractivity contribution >= 4 is 0 Å². The fourth-order valence-electron chi connectivity index (χ4n) is 3.32. The molecule has 0 amide bonds.